The predicted octanol–water partition coefficient (Wildman–Crippen LogP) is 2.89. The lowest BCUT2D eigenvalue weighted by atomic mass is 9.71. The second kappa shape index (κ2) is 8.28. The van der Waals surface area contributed by atoms with Crippen LogP contribution in [0, 0.1) is 0 Å². The second-order valence-electron chi connectivity index (χ2n) is 8.16. The van der Waals surface area contributed by atoms with Crippen molar-refractivity contribution in [2.45, 2.75) is 31.5 Å². The van der Waals surface area contributed by atoms with Crippen molar-refractivity contribution in [2.75, 3.05) is 38.8 Å². The molecule has 0 N–H and O–H groups in total. The molecule has 0 atom stereocenters. The van der Waals surface area contributed by atoms with Crippen molar-refractivity contribution in [1.29, 1.82) is 0 Å². The Morgan fingerprint density at radius 1 is 1.06 bits per heavy atom. The molecule has 1 spiro atoms. The molecule has 162 valence electrons. The summed E-state index contributed by atoms with van der Waals surface area (Å²) >= 11 is 0. The van der Waals surface area contributed by atoms with Crippen LogP contribution in [0.3, 0.4) is 0 Å². The maximum absolute atomic E-state index is 5.99. The van der Waals surface area contributed by atoms with Gasteiger partial charge in [0.1, 0.15) is 6.61 Å². The topological polar surface area (TPSA) is 74.5 Å². The van der Waals surface area contributed by atoms with E-state index >= 15 is 0 Å². The molecule has 2 aliphatic rings. The number of fused-ring (bicyclic) bond motifs is 2. The normalized spacial score (nSPS) is 17.5. The molecule has 0 radical (unpaired) electrons. The summed E-state index contributed by atoms with van der Waals surface area (Å²) in [5.74, 6) is 2.14. The van der Waals surface area contributed by atoms with E-state index in [2.05, 4.69) is 44.3 Å². The molecule has 8 heteroatoms. The van der Waals surface area contributed by atoms with Crippen molar-refractivity contribution >= 4 is 5.95 Å². The average Bonchev–Trinajstić information content (AvgIpc) is 3.24. The molecule has 31 heavy (non-hydrogen) atoms. The van der Waals surface area contributed by atoms with Crippen LogP contribution >= 0.6 is 0 Å². The summed E-state index contributed by atoms with van der Waals surface area (Å²) in [6.45, 7) is 3.62. The highest BCUT2D eigenvalue weighted by atomic mass is 16.5. The fourth-order valence-electron chi connectivity index (χ4n) is 4.77. The Morgan fingerprint density at radius 3 is 2.65 bits per heavy atom. The molecule has 5 rings (SSSR count). The number of methoxy groups -OCH3 is 2. The fourth-order valence-corrected chi connectivity index (χ4v) is 4.77. The molecule has 4 heterocycles. The molecule has 0 saturated carbocycles. The van der Waals surface area contributed by atoms with Crippen LogP contribution in [0.2, 0.25) is 0 Å². The summed E-state index contributed by atoms with van der Waals surface area (Å²) in [6, 6.07) is 12.5. The number of piperidine rings is 1. The molecule has 3 aromatic rings. The van der Waals surface area contributed by atoms with Crippen molar-refractivity contribution in [1.82, 2.24) is 19.7 Å². The van der Waals surface area contributed by atoms with Gasteiger partial charge in [0.05, 0.1) is 32.2 Å². The first kappa shape index (κ1) is 20.0. The van der Waals surface area contributed by atoms with E-state index in [1.54, 1.807) is 20.4 Å². The molecule has 0 bridgehead atoms. The third kappa shape index (κ3) is 3.55. The number of rotatable bonds is 5. The molecule has 0 unspecified atom stereocenters. The van der Waals surface area contributed by atoms with Gasteiger partial charge in [0.2, 0.25) is 11.8 Å². The highest BCUT2D eigenvalue weighted by Crippen LogP contribution is 2.41. The summed E-state index contributed by atoms with van der Waals surface area (Å²) in [5.41, 5.74) is 3.73. The van der Waals surface area contributed by atoms with Crippen molar-refractivity contribution < 1.29 is 14.2 Å². The highest BCUT2D eigenvalue weighted by Gasteiger charge is 2.41. The Hall–Kier alpha value is -2.97. The van der Waals surface area contributed by atoms with E-state index in [-0.39, 0.29) is 5.41 Å². The van der Waals surface area contributed by atoms with Gasteiger partial charge in [-0.1, -0.05) is 24.3 Å². The Bertz CT molecular complexity index is 1040. The first-order chi connectivity index (χ1) is 15.2. The molecule has 0 aliphatic carbocycles. The van der Waals surface area contributed by atoms with Gasteiger partial charge < -0.3 is 19.1 Å². The van der Waals surface area contributed by atoms with Crippen LogP contribution < -0.4 is 9.64 Å². The van der Waals surface area contributed by atoms with Gasteiger partial charge in [-0.25, -0.2) is 4.98 Å². The number of hydrogen-bond acceptors (Lipinski definition) is 7. The zero-order valence-electron chi connectivity index (χ0n) is 18.0. The van der Waals surface area contributed by atoms with Crippen molar-refractivity contribution in [3.8, 4) is 11.6 Å². The van der Waals surface area contributed by atoms with E-state index in [0.29, 0.717) is 19.1 Å². The number of hydrogen-bond donors (Lipinski definition) is 0. The summed E-state index contributed by atoms with van der Waals surface area (Å²) in [6.07, 6.45) is 3.80. The van der Waals surface area contributed by atoms with E-state index < -0.39 is 0 Å². The minimum absolute atomic E-state index is 0.0766. The summed E-state index contributed by atoms with van der Waals surface area (Å²) < 4.78 is 18.6. The van der Waals surface area contributed by atoms with E-state index in [9.17, 15) is 0 Å². The smallest absolute Gasteiger partial charge is 0.232 e. The quantitative estimate of drug-likeness (QED) is 0.627. The molecule has 1 saturated heterocycles. The largest absolute Gasteiger partial charge is 0.481 e. The van der Waals surface area contributed by atoms with Crippen LogP contribution in [0.4, 0.5) is 5.95 Å². The van der Waals surface area contributed by atoms with Gasteiger partial charge in [-0.05, 0) is 30.0 Å². The number of pyridine rings is 1. The minimum atomic E-state index is 0.0766. The lowest BCUT2D eigenvalue weighted by molar-refractivity contribution is 0.0399. The molecule has 8 nitrogen and oxygen atoms in total. The Morgan fingerprint density at radius 2 is 1.90 bits per heavy atom. The molecular weight excluding hydrogens is 394 g/mol. The van der Waals surface area contributed by atoms with Gasteiger partial charge in [0.15, 0.2) is 5.82 Å². The van der Waals surface area contributed by atoms with Crippen molar-refractivity contribution in [3.63, 3.8) is 0 Å². The monoisotopic (exact) mass is 421 g/mol. The maximum atomic E-state index is 5.99. The lowest BCUT2D eigenvalue weighted by Gasteiger charge is -2.45. The zero-order chi connectivity index (χ0) is 21.3. The van der Waals surface area contributed by atoms with Gasteiger partial charge in [0, 0.05) is 31.7 Å². The Balaban J connectivity index is 1.43. The van der Waals surface area contributed by atoms with Crippen LogP contribution in [0.5, 0.6) is 5.88 Å². The van der Waals surface area contributed by atoms with E-state index in [1.165, 1.54) is 11.1 Å². The van der Waals surface area contributed by atoms with Crippen molar-refractivity contribution in [3.05, 3.63) is 59.5 Å². The Kier molecular flexibility index (Phi) is 5.33. The third-order valence-corrected chi connectivity index (χ3v) is 6.40. The van der Waals surface area contributed by atoms with E-state index in [1.807, 2.05) is 16.7 Å². The Labute approximate surface area is 181 Å². The standard InChI is InChI=1S/C23H27N5O3/c1-29-15-20-25-26-22(28(20)18-7-8-21(30-2)24-13-18)27-11-9-23(10-12-27)16-31-14-17-5-3-4-6-19(17)23/h3-8,13H,9-12,14-16H2,1-2H3. The molecule has 0 amide bonds. The second-order valence-corrected chi connectivity index (χ2v) is 8.16. The first-order valence-corrected chi connectivity index (χ1v) is 10.6. The van der Waals surface area contributed by atoms with Gasteiger partial charge in [-0.3, -0.25) is 4.57 Å². The van der Waals surface area contributed by atoms with E-state index in [0.717, 1.165) is 50.0 Å². The van der Waals surface area contributed by atoms with Crippen LogP contribution in [0.25, 0.3) is 5.69 Å². The van der Waals surface area contributed by atoms with E-state index in [4.69, 9.17) is 14.2 Å². The molecule has 1 fully saturated rings. The highest BCUT2D eigenvalue weighted by molar-refractivity contribution is 5.46. The molecular formula is C23H27N5O3. The first-order valence-electron chi connectivity index (χ1n) is 10.6. The van der Waals surface area contributed by atoms with Crippen LogP contribution in [-0.2, 0) is 28.1 Å². The summed E-state index contributed by atoms with van der Waals surface area (Å²) in [5, 5.41) is 8.93. The third-order valence-electron chi connectivity index (χ3n) is 6.40. The number of nitrogens with zero attached hydrogens (tertiary/aromatic N) is 5. The molecule has 2 aromatic heterocycles. The maximum Gasteiger partial charge on any atom is 0.232 e. The van der Waals surface area contributed by atoms with Crippen LogP contribution in [0.1, 0.15) is 29.8 Å². The lowest BCUT2D eigenvalue weighted by Crippen LogP contribution is -2.48. The van der Waals surface area contributed by atoms with Crippen LogP contribution in [-0.4, -0.2) is 53.7 Å². The van der Waals surface area contributed by atoms with Crippen molar-refractivity contribution in [2.24, 2.45) is 0 Å². The number of benzene rings is 1. The minimum Gasteiger partial charge on any atom is -0.481 e. The number of aromatic nitrogens is 4. The van der Waals surface area contributed by atoms with Gasteiger partial charge >= 0.3 is 0 Å². The number of anilines is 1. The van der Waals surface area contributed by atoms with Gasteiger partial charge in [-0.2, -0.15) is 0 Å². The SMILES string of the molecule is COCc1nnc(N2CCC3(CC2)COCc2ccccc23)n1-c1ccc(OC)nc1. The fraction of sp³-hybridized carbons (Fsp3) is 0.435. The summed E-state index contributed by atoms with van der Waals surface area (Å²) in [7, 11) is 3.27. The zero-order valence-corrected chi connectivity index (χ0v) is 18.0. The molecule has 2 aliphatic heterocycles. The molecule has 1 aromatic carbocycles. The van der Waals surface area contributed by atoms with Crippen LogP contribution in [0.15, 0.2) is 42.6 Å². The predicted molar refractivity (Wildman–Crippen MR) is 116 cm³/mol. The van der Waals surface area contributed by atoms with Gasteiger partial charge in [0.25, 0.3) is 0 Å². The average molecular weight is 422 g/mol. The van der Waals surface area contributed by atoms with Gasteiger partial charge in [-0.15, -0.1) is 10.2 Å². The summed E-state index contributed by atoms with van der Waals surface area (Å²) in [4.78, 5) is 6.66. The number of ether oxygens (including phenoxy) is 3.